The zero-order valence-electron chi connectivity index (χ0n) is 8.28. The summed E-state index contributed by atoms with van der Waals surface area (Å²) in [5, 5.41) is 10.6. The van der Waals surface area contributed by atoms with Gasteiger partial charge in [-0.2, -0.15) is 13.2 Å². The van der Waals surface area contributed by atoms with E-state index in [1.807, 2.05) is 0 Å². The molecule has 18 heavy (non-hydrogen) atoms. The monoisotopic (exact) mass is 296 g/mol. The summed E-state index contributed by atoms with van der Waals surface area (Å²) in [6.07, 6.45) is -4.85. The predicted octanol–water partition coefficient (Wildman–Crippen LogP) is 2.83. The fourth-order valence-electron chi connectivity index (χ4n) is 1.44. The lowest BCUT2D eigenvalue weighted by molar-refractivity contribution is -0.383. The third-order valence-electron chi connectivity index (χ3n) is 2.12. The van der Waals surface area contributed by atoms with Crippen molar-refractivity contribution in [1.82, 2.24) is 0 Å². The number of nitrogens with zero attached hydrogens (tertiary/aromatic N) is 1. The quantitative estimate of drug-likeness (QED) is 0.498. The summed E-state index contributed by atoms with van der Waals surface area (Å²) in [5.74, 6) is 0. The third-order valence-corrected chi connectivity index (χ3v) is 4.26. The first-order chi connectivity index (χ1) is 8.21. The van der Waals surface area contributed by atoms with Crippen LogP contribution in [0.1, 0.15) is 5.56 Å². The molecule has 0 fully saturated rings. The minimum atomic E-state index is -4.85. The second-order valence-electron chi connectivity index (χ2n) is 3.22. The Hall–Kier alpha value is -1.68. The van der Waals surface area contributed by atoms with Crippen molar-refractivity contribution >= 4 is 43.4 Å². The molecule has 0 bridgehead atoms. The normalized spacial score (nSPS) is 11.9. The molecule has 0 amide bonds. The van der Waals surface area contributed by atoms with E-state index in [1.165, 1.54) is 0 Å². The highest BCUT2D eigenvalue weighted by Crippen LogP contribution is 2.44. The van der Waals surface area contributed by atoms with Gasteiger partial charge in [-0.1, -0.05) is 22.7 Å². The van der Waals surface area contributed by atoms with Crippen molar-refractivity contribution in [3.05, 3.63) is 30.6 Å². The molecule has 96 valence electrons. The molecule has 2 N–H and O–H groups in total. The van der Waals surface area contributed by atoms with Crippen LogP contribution in [0, 0.1) is 10.1 Å². The van der Waals surface area contributed by atoms with Gasteiger partial charge >= 0.3 is 6.18 Å². The molecule has 0 atom stereocenters. The maximum Gasteiger partial charge on any atom is 0.420 e. The lowest BCUT2D eigenvalue weighted by Crippen LogP contribution is -2.11. The van der Waals surface area contributed by atoms with Crippen LogP contribution in [0.4, 0.5) is 24.5 Å². The Kier molecular flexibility index (Phi) is 2.78. The number of alkyl halides is 3. The number of hydrogen-bond donors (Lipinski definition) is 1. The number of nitro benzene ring substituents is 1. The first-order valence-corrected chi connectivity index (χ1v) is 5.93. The van der Waals surface area contributed by atoms with Crippen molar-refractivity contribution in [3.8, 4) is 0 Å². The number of hydrogen-bond acceptors (Lipinski definition) is 6. The number of nitrogen functional groups attached to an aromatic ring is 1. The molecule has 0 spiro atoms. The predicted molar refractivity (Wildman–Crippen MR) is 62.0 cm³/mol. The lowest BCUT2D eigenvalue weighted by Gasteiger charge is -2.10. The van der Waals surface area contributed by atoms with Crippen LogP contribution < -0.4 is 9.79 Å². The van der Waals surface area contributed by atoms with Gasteiger partial charge in [-0.05, 0) is 0 Å². The van der Waals surface area contributed by atoms with Crippen molar-refractivity contribution in [3.63, 3.8) is 0 Å². The van der Waals surface area contributed by atoms with Crippen molar-refractivity contribution < 1.29 is 18.1 Å². The molecule has 0 unspecified atom stereocenters. The van der Waals surface area contributed by atoms with Gasteiger partial charge in [0.25, 0.3) is 9.74 Å². The maximum absolute atomic E-state index is 12.8. The summed E-state index contributed by atoms with van der Waals surface area (Å²) >= 11 is 0.906. The van der Waals surface area contributed by atoms with Crippen LogP contribution in [-0.2, 0) is 6.18 Å². The summed E-state index contributed by atoms with van der Waals surface area (Å²) in [6.45, 7) is 0. The van der Waals surface area contributed by atoms with Gasteiger partial charge in [-0.3, -0.25) is 14.9 Å². The summed E-state index contributed by atoms with van der Waals surface area (Å²) in [7, 11) is 0. The Morgan fingerprint density at radius 2 is 1.94 bits per heavy atom. The van der Waals surface area contributed by atoms with Crippen LogP contribution in [0.15, 0.2) is 10.9 Å². The lowest BCUT2D eigenvalue weighted by atomic mass is 10.1. The summed E-state index contributed by atoms with van der Waals surface area (Å²) < 4.78 is 37.5. The van der Waals surface area contributed by atoms with E-state index in [4.69, 9.17) is 5.73 Å². The molecule has 10 heteroatoms. The van der Waals surface area contributed by atoms with E-state index in [9.17, 15) is 28.1 Å². The average molecular weight is 296 g/mol. The highest BCUT2D eigenvalue weighted by Gasteiger charge is 2.39. The zero-order chi connectivity index (χ0) is 13.7. The van der Waals surface area contributed by atoms with Crippen LogP contribution in [0.5, 0.6) is 0 Å². The molecule has 0 radical (unpaired) electrons. The van der Waals surface area contributed by atoms with Crippen LogP contribution in [0.2, 0.25) is 0 Å². The largest absolute Gasteiger partial charge is 0.420 e. The van der Waals surface area contributed by atoms with Crippen molar-refractivity contribution in [2.75, 3.05) is 5.73 Å². The second-order valence-corrected chi connectivity index (χ2v) is 5.48. The summed E-state index contributed by atoms with van der Waals surface area (Å²) in [5.41, 5.74) is 2.08. The van der Waals surface area contributed by atoms with Gasteiger partial charge < -0.3 is 5.73 Å². The Labute approximate surface area is 104 Å². The number of anilines is 1. The Morgan fingerprint density at radius 3 is 2.44 bits per heavy atom. The molecule has 1 aromatic carbocycles. The number of fused-ring (bicyclic) bond motifs is 1. The van der Waals surface area contributed by atoms with Crippen molar-refractivity contribution in [2.24, 2.45) is 0 Å². The third kappa shape index (κ3) is 1.93. The highest BCUT2D eigenvalue weighted by molar-refractivity contribution is 7.35. The Balaban J connectivity index is 2.99. The van der Waals surface area contributed by atoms with Crippen LogP contribution in [0.25, 0.3) is 9.40 Å². The van der Waals surface area contributed by atoms with Gasteiger partial charge in [0, 0.05) is 6.07 Å². The van der Waals surface area contributed by atoms with Gasteiger partial charge in [0.1, 0.15) is 11.3 Å². The van der Waals surface area contributed by atoms with E-state index in [0.717, 1.165) is 6.07 Å². The second kappa shape index (κ2) is 3.92. The van der Waals surface area contributed by atoms with E-state index in [0.29, 0.717) is 22.7 Å². The number of nitro groups is 1. The van der Waals surface area contributed by atoms with E-state index in [2.05, 4.69) is 0 Å². The van der Waals surface area contributed by atoms with Gasteiger partial charge in [0.2, 0.25) is 0 Å². The SMILES string of the molecule is Nc1c([N+](=O)[O-])cc2sc(=O)sc2c1C(F)(F)F. The van der Waals surface area contributed by atoms with Crippen molar-refractivity contribution in [2.45, 2.75) is 6.18 Å². The maximum atomic E-state index is 12.8. The van der Waals surface area contributed by atoms with E-state index in [1.54, 1.807) is 0 Å². The summed E-state index contributed by atoms with van der Waals surface area (Å²) in [4.78, 5) is 20.8. The minimum absolute atomic E-state index is 0.0850. The van der Waals surface area contributed by atoms with Crippen LogP contribution >= 0.6 is 22.7 Å². The Morgan fingerprint density at radius 1 is 1.33 bits per heavy atom. The molecule has 1 aromatic heterocycles. The first-order valence-electron chi connectivity index (χ1n) is 4.29. The van der Waals surface area contributed by atoms with E-state index in [-0.39, 0.29) is 9.40 Å². The first kappa shape index (κ1) is 12.8. The fraction of sp³-hybridized carbons (Fsp3) is 0.125. The molecule has 2 rings (SSSR count). The molecule has 0 saturated carbocycles. The molecule has 1 heterocycles. The number of halogens is 3. The van der Waals surface area contributed by atoms with Gasteiger partial charge in [0.05, 0.1) is 14.3 Å². The molecule has 0 saturated heterocycles. The number of nitrogens with two attached hydrogens (primary N) is 1. The van der Waals surface area contributed by atoms with Gasteiger partial charge in [0.15, 0.2) is 0 Å². The average Bonchev–Trinajstić information content (AvgIpc) is 2.53. The van der Waals surface area contributed by atoms with E-state index >= 15 is 0 Å². The number of rotatable bonds is 1. The molecule has 2 aromatic rings. The molecular formula is C8H3F3N2O3S2. The molecule has 0 aliphatic carbocycles. The van der Waals surface area contributed by atoms with Crippen LogP contribution in [-0.4, -0.2) is 4.92 Å². The van der Waals surface area contributed by atoms with Crippen molar-refractivity contribution in [1.29, 1.82) is 0 Å². The fourth-order valence-corrected chi connectivity index (χ4v) is 3.58. The van der Waals surface area contributed by atoms with E-state index < -0.39 is 32.1 Å². The molecule has 0 aliphatic rings. The topological polar surface area (TPSA) is 86.2 Å². The van der Waals surface area contributed by atoms with Crippen LogP contribution in [0.3, 0.4) is 0 Å². The zero-order valence-corrected chi connectivity index (χ0v) is 9.91. The number of benzene rings is 1. The highest BCUT2D eigenvalue weighted by atomic mass is 32.2. The molecular weight excluding hydrogens is 293 g/mol. The molecule has 5 nitrogen and oxygen atoms in total. The molecule has 0 aliphatic heterocycles. The Bertz CT molecular complexity index is 704. The summed E-state index contributed by atoms with van der Waals surface area (Å²) in [6, 6.07) is 0.891. The standard InChI is InChI=1S/C8H3F3N2O3S2/c9-8(10,11)4-5(12)2(13(15)16)1-3-6(4)18-7(14)17-3/h1H,12H2. The minimum Gasteiger partial charge on any atom is -0.393 e. The van der Waals surface area contributed by atoms with Gasteiger partial charge in [-0.15, -0.1) is 0 Å². The smallest absolute Gasteiger partial charge is 0.393 e. The van der Waals surface area contributed by atoms with Gasteiger partial charge in [-0.25, -0.2) is 0 Å².